The van der Waals surface area contributed by atoms with Crippen molar-refractivity contribution in [3.63, 3.8) is 0 Å². The lowest BCUT2D eigenvalue weighted by Crippen LogP contribution is -2.56. The molecule has 1 aromatic carbocycles. The number of hydrogen-bond donors (Lipinski definition) is 2. The summed E-state index contributed by atoms with van der Waals surface area (Å²) in [5.74, 6) is -3.72. The van der Waals surface area contributed by atoms with E-state index in [-0.39, 0.29) is 23.5 Å². The first kappa shape index (κ1) is 25.7. The summed E-state index contributed by atoms with van der Waals surface area (Å²) >= 11 is 0. The fraction of sp³-hybridized carbons (Fsp3) is 0.500. The molecule has 2 fully saturated rings. The van der Waals surface area contributed by atoms with Gasteiger partial charge in [-0.2, -0.15) is 0 Å². The van der Waals surface area contributed by atoms with E-state index in [1.165, 1.54) is 4.90 Å². The molecule has 2 N–H and O–H groups in total. The number of rotatable bonds is 7. The van der Waals surface area contributed by atoms with Gasteiger partial charge in [0.15, 0.2) is 5.82 Å². The van der Waals surface area contributed by atoms with Gasteiger partial charge in [-0.3, -0.25) is 4.79 Å². The molecule has 2 aliphatic rings. The smallest absolute Gasteiger partial charge is 0.282 e. The molecule has 0 aliphatic carbocycles. The Hall–Kier alpha value is -2.88. The van der Waals surface area contributed by atoms with Crippen LogP contribution in [0, 0.1) is 17.6 Å². The summed E-state index contributed by atoms with van der Waals surface area (Å²) in [7, 11) is 0. The summed E-state index contributed by atoms with van der Waals surface area (Å²) in [6, 6.07) is 6.12. The Labute approximate surface area is 196 Å². The van der Waals surface area contributed by atoms with E-state index < -0.39 is 36.6 Å². The van der Waals surface area contributed by atoms with E-state index in [1.807, 2.05) is 13.8 Å². The average molecular weight is 483 g/mol. The van der Waals surface area contributed by atoms with Crippen molar-refractivity contribution >= 4 is 23.2 Å². The van der Waals surface area contributed by atoms with Crippen LogP contribution < -0.4 is 15.5 Å². The zero-order valence-electron chi connectivity index (χ0n) is 19.3. The standard InChI is InChI=1S/C22H24F4N4O2.C2H6/c23-16-7-15(8-17(24)10-16)9-20(31)28-18-1-2-19(27-11-14-3-5-32-6-4-14)29-21(18)30-12-22(25,26)13-30;1-2/h1-2,7-8,10,14H,3-6,9,11-13H2,(H,27,29)(H,28,31);1-2H3. The fourth-order valence-electron chi connectivity index (χ4n) is 3.84. The van der Waals surface area contributed by atoms with E-state index in [4.69, 9.17) is 4.74 Å². The van der Waals surface area contributed by atoms with Gasteiger partial charge in [-0.25, -0.2) is 22.5 Å². The molecule has 0 spiro atoms. The van der Waals surface area contributed by atoms with Gasteiger partial charge in [0.05, 0.1) is 25.2 Å². The van der Waals surface area contributed by atoms with E-state index >= 15 is 0 Å². The zero-order chi connectivity index (χ0) is 24.7. The number of aromatic nitrogens is 1. The minimum Gasteiger partial charge on any atom is -0.381 e. The van der Waals surface area contributed by atoms with Crippen molar-refractivity contribution in [2.24, 2.45) is 5.92 Å². The molecule has 0 unspecified atom stereocenters. The summed E-state index contributed by atoms with van der Waals surface area (Å²) < 4.78 is 59.0. The lowest BCUT2D eigenvalue weighted by molar-refractivity contribution is -0.115. The predicted octanol–water partition coefficient (Wildman–Crippen LogP) is 4.86. The van der Waals surface area contributed by atoms with Gasteiger partial charge in [0.1, 0.15) is 17.5 Å². The number of carbonyl (C=O) groups is 1. The molecule has 2 saturated heterocycles. The summed E-state index contributed by atoms with van der Waals surface area (Å²) in [6.45, 7) is 5.12. The van der Waals surface area contributed by atoms with E-state index in [2.05, 4.69) is 15.6 Å². The molecule has 10 heteroatoms. The van der Waals surface area contributed by atoms with Crippen molar-refractivity contribution in [1.82, 2.24) is 4.98 Å². The number of hydrogen-bond acceptors (Lipinski definition) is 5. The molecule has 0 radical (unpaired) electrons. The van der Waals surface area contributed by atoms with Crippen molar-refractivity contribution in [2.75, 3.05) is 48.4 Å². The van der Waals surface area contributed by atoms with Crippen LogP contribution in [-0.4, -0.2) is 49.7 Å². The highest BCUT2D eigenvalue weighted by molar-refractivity contribution is 5.95. The minimum atomic E-state index is -2.81. The third-order valence-corrected chi connectivity index (χ3v) is 5.49. The SMILES string of the molecule is CC.O=C(Cc1cc(F)cc(F)c1)Nc1ccc(NCC2CCOCC2)nc1N1CC(F)(F)C1. The molecule has 1 amide bonds. The van der Waals surface area contributed by atoms with Crippen molar-refractivity contribution in [1.29, 1.82) is 0 Å². The Morgan fingerprint density at radius 1 is 1.12 bits per heavy atom. The van der Waals surface area contributed by atoms with Gasteiger partial charge in [-0.05, 0) is 48.6 Å². The van der Waals surface area contributed by atoms with Gasteiger partial charge >= 0.3 is 0 Å². The fourth-order valence-corrected chi connectivity index (χ4v) is 3.84. The number of pyridine rings is 1. The molecular formula is C24H30F4N4O2. The molecule has 2 aliphatic heterocycles. The Bertz CT molecular complexity index is 955. The van der Waals surface area contributed by atoms with E-state index in [0.29, 0.717) is 31.5 Å². The molecule has 4 rings (SSSR count). The minimum absolute atomic E-state index is 0.166. The van der Waals surface area contributed by atoms with Gasteiger partial charge in [0, 0.05) is 25.8 Å². The summed E-state index contributed by atoms with van der Waals surface area (Å²) in [6.07, 6.45) is 1.61. The topological polar surface area (TPSA) is 66.5 Å². The molecule has 0 saturated carbocycles. The lowest BCUT2D eigenvalue weighted by atomic mass is 10.0. The maximum absolute atomic E-state index is 13.5. The van der Waals surface area contributed by atoms with Crippen LogP contribution in [0.5, 0.6) is 0 Å². The number of anilines is 3. The predicted molar refractivity (Wildman–Crippen MR) is 123 cm³/mol. The highest BCUT2D eigenvalue weighted by Crippen LogP contribution is 2.35. The Kier molecular flexibility index (Phi) is 8.71. The van der Waals surface area contributed by atoms with Crippen LogP contribution in [0.4, 0.5) is 34.9 Å². The van der Waals surface area contributed by atoms with Crippen LogP contribution in [0.1, 0.15) is 32.3 Å². The number of alkyl halides is 2. The summed E-state index contributed by atoms with van der Waals surface area (Å²) in [5.41, 5.74) is 0.429. The molecule has 2 aromatic rings. The summed E-state index contributed by atoms with van der Waals surface area (Å²) in [4.78, 5) is 18.3. The molecule has 0 atom stereocenters. The van der Waals surface area contributed by atoms with Crippen molar-refractivity contribution in [3.05, 3.63) is 47.5 Å². The monoisotopic (exact) mass is 482 g/mol. The van der Waals surface area contributed by atoms with E-state index in [1.54, 1.807) is 12.1 Å². The average Bonchev–Trinajstić information content (AvgIpc) is 2.78. The number of nitrogens with one attached hydrogen (secondary N) is 2. The van der Waals surface area contributed by atoms with Crippen molar-refractivity contribution < 1.29 is 27.1 Å². The second kappa shape index (κ2) is 11.5. The van der Waals surface area contributed by atoms with Gasteiger partial charge in [0.2, 0.25) is 5.91 Å². The largest absolute Gasteiger partial charge is 0.381 e. The highest BCUT2D eigenvalue weighted by Gasteiger charge is 2.45. The van der Waals surface area contributed by atoms with E-state index in [9.17, 15) is 22.4 Å². The number of halogens is 4. The first-order chi connectivity index (χ1) is 16.3. The van der Waals surface area contributed by atoms with Crippen LogP contribution in [0.3, 0.4) is 0 Å². The van der Waals surface area contributed by atoms with Crippen LogP contribution >= 0.6 is 0 Å². The number of ether oxygens (including phenoxy) is 1. The molecule has 34 heavy (non-hydrogen) atoms. The lowest BCUT2D eigenvalue weighted by Gasteiger charge is -2.40. The summed E-state index contributed by atoms with van der Waals surface area (Å²) in [5, 5.41) is 5.86. The molecule has 3 heterocycles. The third kappa shape index (κ3) is 7.06. The van der Waals surface area contributed by atoms with Crippen molar-refractivity contribution in [3.8, 4) is 0 Å². The number of carbonyl (C=O) groups excluding carboxylic acids is 1. The van der Waals surface area contributed by atoms with Crippen molar-refractivity contribution in [2.45, 2.75) is 39.0 Å². The molecule has 1 aromatic heterocycles. The van der Waals surface area contributed by atoms with E-state index in [0.717, 1.165) is 31.0 Å². The number of nitrogens with zero attached hydrogens (tertiary/aromatic N) is 2. The van der Waals surface area contributed by atoms with Gasteiger partial charge in [-0.15, -0.1) is 0 Å². The second-order valence-electron chi connectivity index (χ2n) is 8.22. The molecular weight excluding hydrogens is 452 g/mol. The van der Waals surface area contributed by atoms with Gasteiger partial charge in [0.25, 0.3) is 5.92 Å². The molecule has 186 valence electrons. The number of benzene rings is 1. The molecule has 6 nitrogen and oxygen atoms in total. The Morgan fingerprint density at radius 3 is 2.38 bits per heavy atom. The highest BCUT2D eigenvalue weighted by atomic mass is 19.3. The maximum Gasteiger partial charge on any atom is 0.282 e. The Balaban J connectivity index is 0.00000158. The van der Waals surface area contributed by atoms with Crippen LogP contribution in [0.25, 0.3) is 0 Å². The second-order valence-corrected chi connectivity index (χ2v) is 8.22. The zero-order valence-corrected chi connectivity index (χ0v) is 19.3. The van der Waals surface area contributed by atoms with Crippen LogP contribution in [0.2, 0.25) is 0 Å². The normalized spacial score (nSPS) is 17.3. The maximum atomic E-state index is 13.5. The third-order valence-electron chi connectivity index (χ3n) is 5.49. The quantitative estimate of drug-likeness (QED) is 0.552. The number of amides is 1. The molecule has 0 bridgehead atoms. The van der Waals surface area contributed by atoms with Gasteiger partial charge in [-0.1, -0.05) is 13.8 Å². The Morgan fingerprint density at radius 2 is 1.76 bits per heavy atom. The van der Waals surface area contributed by atoms with Gasteiger partial charge < -0.3 is 20.3 Å². The van der Waals surface area contributed by atoms with Crippen LogP contribution in [0.15, 0.2) is 30.3 Å². The first-order valence-corrected chi connectivity index (χ1v) is 11.5. The first-order valence-electron chi connectivity index (χ1n) is 11.5. The van der Waals surface area contributed by atoms with Crippen LogP contribution in [-0.2, 0) is 16.0 Å².